The third-order valence-corrected chi connectivity index (χ3v) is 8.37. The largest absolute Gasteiger partial charge is 0.416 e. The van der Waals surface area contributed by atoms with Crippen LogP contribution >= 0.6 is 0 Å². The van der Waals surface area contributed by atoms with Crippen LogP contribution in [0.1, 0.15) is 35.1 Å². The van der Waals surface area contributed by atoms with Gasteiger partial charge in [0.2, 0.25) is 5.91 Å². The van der Waals surface area contributed by atoms with Crippen LogP contribution in [-0.2, 0) is 27.7 Å². The summed E-state index contributed by atoms with van der Waals surface area (Å²) in [4.78, 5) is 32.2. The van der Waals surface area contributed by atoms with Gasteiger partial charge in [-0.3, -0.25) is 14.6 Å². The molecule has 0 bridgehead atoms. The van der Waals surface area contributed by atoms with Gasteiger partial charge in [0.05, 0.1) is 18.2 Å². The number of alkyl halides is 3. The van der Waals surface area contributed by atoms with Crippen LogP contribution in [-0.4, -0.2) is 72.2 Å². The van der Waals surface area contributed by atoms with Gasteiger partial charge >= 0.3 is 6.18 Å². The zero-order valence-corrected chi connectivity index (χ0v) is 22.4. The quantitative estimate of drug-likeness (QED) is 0.389. The van der Waals surface area contributed by atoms with Crippen LogP contribution in [0.2, 0.25) is 0 Å². The molecule has 210 valence electrons. The molecule has 5 nitrogen and oxygen atoms in total. The number of hydrogen-bond donors (Lipinski definition) is 0. The lowest BCUT2D eigenvalue weighted by Crippen LogP contribution is -2.59. The summed E-state index contributed by atoms with van der Waals surface area (Å²) in [6.07, 6.45) is -1.65. The molecule has 5 rings (SSSR count). The molecule has 0 aromatic heterocycles. The molecule has 0 saturated carbocycles. The van der Waals surface area contributed by atoms with E-state index >= 15 is 0 Å². The first-order chi connectivity index (χ1) is 19.3. The average molecular weight is 550 g/mol. The fraction of sp³-hybridized carbons (Fsp3) is 0.375. The number of hydrogen-bond acceptors (Lipinski definition) is 4. The first-order valence-electron chi connectivity index (χ1n) is 13.8. The lowest BCUT2D eigenvalue weighted by molar-refractivity contribution is -0.138. The van der Waals surface area contributed by atoms with E-state index in [-0.39, 0.29) is 12.5 Å². The molecule has 2 heterocycles. The maximum absolute atomic E-state index is 13.5. The van der Waals surface area contributed by atoms with E-state index in [2.05, 4.69) is 29.2 Å². The van der Waals surface area contributed by atoms with Crippen molar-refractivity contribution >= 4 is 12.2 Å². The summed E-state index contributed by atoms with van der Waals surface area (Å²) in [5, 5.41) is 0. The number of piperazine rings is 1. The van der Waals surface area contributed by atoms with E-state index < -0.39 is 23.2 Å². The van der Waals surface area contributed by atoms with Gasteiger partial charge in [-0.2, -0.15) is 13.2 Å². The number of benzene rings is 3. The van der Waals surface area contributed by atoms with Crippen molar-refractivity contribution in [3.05, 3.63) is 107 Å². The predicted octanol–water partition coefficient (Wildman–Crippen LogP) is 5.00. The molecule has 2 fully saturated rings. The average Bonchev–Trinajstić information content (AvgIpc) is 2.98. The monoisotopic (exact) mass is 549 g/mol. The number of carbonyl (C=O) groups is 2. The van der Waals surface area contributed by atoms with Crippen molar-refractivity contribution in [3.8, 4) is 0 Å². The molecule has 1 unspecified atom stereocenters. The number of aldehydes is 1. The van der Waals surface area contributed by atoms with E-state index in [1.54, 1.807) is 0 Å². The van der Waals surface area contributed by atoms with E-state index in [0.717, 1.165) is 48.0 Å². The summed E-state index contributed by atoms with van der Waals surface area (Å²) in [5.41, 5.74) is 1.78. The third kappa shape index (κ3) is 5.83. The minimum Gasteiger partial charge on any atom is -0.339 e. The lowest BCUT2D eigenvalue weighted by atomic mass is 9.64. The highest BCUT2D eigenvalue weighted by Gasteiger charge is 2.47. The van der Waals surface area contributed by atoms with Crippen LogP contribution in [0.25, 0.3) is 0 Å². The van der Waals surface area contributed by atoms with Gasteiger partial charge in [-0.15, -0.1) is 0 Å². The van der Waals surface area contributed by atoms with Crippen LogP contribution in [0.4, 0.5) is 13.2 Å². The summed E-state index contributed by atoms with van der Waals surface area (Å²) < 4.78 is 38.6. The van der Waals surface area contributed by atoms with E-state index in [1.807, 2.05) is 46.2 Å². The predicted molar refractivity (Wildman–Crippen MR) is 148 cm³/mol. The number of rotatable bonds is 7. The molecule has 0 N–H and O–H groups in total. The van der Waals surface area contributed by atoms with Crippen molar-refractivity contribution in [2.24, 2.45) is 0 Å². The highest BCUT2D eigenvalue weighted by molar-refractivity contribution is 5.79. The number of halogens is 3. The van der Waals surface area contributed by atoms with Gasteiger partial charge in [-0.05, 0) is 48.2 Å². The molecule has 2 aliphatic rings. The Morgan fingerprint density at radius 2 is 1.40 bits per heavy atom. The fourth-order valence-electron chi connectivity index (χ4n) is 6.29. The Hall–Kier alpha value is -3.49. The van der Waals surface area contributed by atoms with Crippen LogP contribution in [0.5, 0.6) is 0 Å². The molecule has 1 amide bonds. The molecular formula is C32H34F3N3O2. The topological polar surface area (TPSA) is 43.9 Å². The molecule has 2 saturated heterocycles. The number of nitrogens with zero attached hydrogens (tertiary/aromatic N) is 3. The molecule has 0 aliphatic carbocycles. The van der Waals surface area contributed by atoms with Gasteiger partial charge in [0.15, 0.2) is 0 Å². The second-order valence-corrected chi connectivity index (χ2v) is 10.7. The Labute approximate surface area is 233 Å². The Kier molecular flexibility index (Phi) is 8.38. The third-order valence-electron chi connectivity index (χ3n) is 8.37. The Bertz CT molecular complexity index is 1230. The van der Waals surface area contributed by atoms with E-state index in [9.17, 15) is 22.8 Å². The van der Waals surface area contributed by atoms with Gasteiger partial charge in [0, 0.05) is 38.1 Å². The van der Waals surface area contributed by atoms with Crippen molar-refractivity contribution in [2.45, 2.75) is 37.0 Å². The Balaban J connectivity index is 1.25. The van der Waals surface area contributed by atoms with Crippen LogP contribution < -0.4 is 0 Å². The SMILES string of the molecule is O=CC1N(CC(=O)N2CCN(Cc3ccc(C(F)(F)F)cc3)CC2)CCCC1(c1ccccc1)c1ccccc1. The molecule has 1 atom stereocenters. The molecular weight excluding hydrogens is 515 g/mol. The van der Waals surface area contributed by atoms with Crippen LogP contribution in [0, 0.1) is 0 Å². The smallest absolute Gasteiger partial charge is 0.339 e. The number of carbonyl (C=O) groups excluding carboxylic acids is 2. The van der Waals surface area contributed by atoms with Crippen LogP contribution in [0.15, 0.2) is 84.9 Å². The maximum Gasteiger partial charge on any atom is 0.416 e. The van der Waals surface area contributed by atoms with Crippen molar-refractivity contribution in [3.63, 3.8) is 0 Å². The van der Waals surface area contributed by atoms with Gasteiger partial charge < -0.3 is 9.69 Å². The van der Waals surface area contributed by atoms with E-state index in [1.165, 1.54) is 12.1 Å². The first kappa shape index (κ1) is 28.1. The Morgan fingerprint density at radius 3 is 1.93 bits per heavy atom. The maximum atomic E-state index is 13.5. The number of likely N-dealkylation sites (tertiary alicyclic amines) is 1. The summed E-state index contributed by atoms with van der Waals surface area (Å²) in [5.74, 6) is -0.00189. The van der Waals surface area contributed by atoms with Crippen LogP contribution in [0.3, 0.4) is 0 Å². The summed E-state index contributed by atoms with van der Waals surface area (Å²) in [7, 11) is 0. The molecule has 3 aromatic rings. The minimum absolute atomic E-state index is 0.00189. The molecule has 3 aromatic carbocycles. The molecule has 0 radical (unpaired) electrons. The minimum atomic E-state index is -4.34. The van der Waals surface area contributed by atoms with Gasteiger partial charge in [-0.1, -0.05) is 72.8 Å². The number of amides is 1. The van der Waals surface area contributed by atoms with E-state index in [4.69, 9.17) is 0 Å². The van der Waals surface area contributed by atoms with Crippen molar-refractivity contribution < 1.29 is 22.8 Å². The highest BCUT2D eigenvalue weighted by Crippen LogP contribution is 2.44. The zero-order chi connectivity index (χ0) is 28.2. The Morgan fingerprint density at radius 1 is 0.825 bits per heavy atom. The van der Waals surface area contributed by atoms with Crippen molar-refractivity contribution in [2.75, 3.05) is 39.3 Å². The highest BCUT2D eigenvalue weighted by atomic mass is 19.4. The van der Waals surface area contributed by atoms with E-state index in [0.29, 0.717) is 39.3 Å². The zero-order valence-electron chi connectivity index (χ0n) is 22.4. The lowest BCUT2D eigenvalue weighted by Gasteiger charge is -2.49. The normalized spacial score (nSPS) is 20.3. The van der Waals surface area contributed by atoms with Crippen molar-refractivity contribution in [1.29, 1.82) is 0 Å². The molecule has 8 heteroatoms. The molecule has 2 aliphatic heterocycles. The second-order valence-electron chi connectivity index (χ2n) is 10.7. The first-order valence-corrected chi connectivity index (χ1v) is 13.8. The molecule has 0 spiro atoms. The summed E-state index contributed by atoms with van der Waals surface area (Å²) >= 11 is 0. The van der Waals surface area contributed by atoms with Crippen molar-refractivity contribution in [1.82, 2.24) is 14.7 Å². The summed E-state index contributed by atoms with van der Waals surface area (Å²) in [6.45, 7) is 3.75. The fourth-order valence-corrected chi connectivity index (χ4v) is 6.29. The molecule has 40 heavy (non-hydrogen) atoms. The van der Waals surface area contributed by atoms with Gasteiger partial charge in [0.1, 0.15) is 6.29 Å². The standard InChI is InChI=1S/C32H34F3N3O2/c33-32(34,35)28-14-12-25(13-15-28)22-36-18-20-37(21-19-36)30(40)23-38-17-7-16-31(29(38)24-39,26-8-3-1-4-9-26)27-10-5-2-6-11-27/h1-6,8-15,24,29H,7,16-23H2. The van der Waals surface area contributed by atoms with Gasteiger partial charge in [-0.25, -0.2) is 0 Å². The number of piperidine rings is 1. The second kappa shape index (κ2) is 11.9. The summed E-state index contributed by atoms with van der Waals surface area (Å²) in [6, 6.07) is 25.0. The van der Waals surface area contributed by atoms with Gasteiger partial charge in [0.25, 0.3) is 0 Å².